The first-order chi connectivity index (χ1) is 9.84. The van der Waals surface area contributed by atoms with Gasteiger partial charge in [0.05, 0.1) is 11.7 Å². The molecule has 1 N–H and O–H groups in total. The molecule has 0 spiro atoms. The van der Waals surface area contributed by atoms with Crippen molar-refractivity contribution in [2.75, 3.05) is 13.7 Å². The molecule has 1 unspecified atom stereocenters. The molecular weight excluding hydrogens is 262 g/mol. The molecule has 0 fully saturated rings. The van der Waals surface area contributed by atoms with Gasteiger partial charge in [0.1, 0.15) is 0 Å². The first-order valence-corrected chi connectivity index (χ1v) is 8.17. The lowest BCUT2D eigenvalue weighted by Crippen LogP contribution is -2.35. The van der Waals surface area contributed by atoms with Crippen LogP contribution in [-0.2, 0) is 24.1 Å². The number of aromatic nitrogens is 2. The molecule has 1 heterocycles. The van der Waals surface area contributed by atoms with Crippen LogP contribution in [0.2, 0.25) is 0 Å². The van der Waals surface area contributed by atoms with Crippen molar-refractivity contribution in [3.05, 3.63) is 17.0 Å². The van der Waals surface area contributed by atoms with E-state index in [9.17, 15) is 0 Å². The maximum atomic E-state index is 5.21. The van der Waals surface area contributed by atoms with E-state index in [1.54, 1.807) is 7.11 Å². The van der Waals surface area contributed by atoms with E-state index in [4.69, 9.17) is 9.84 Å². The number of hydrogen-bond donors (Lipinski definition) is 1. The highest BCUT2D eigenvalue weighted by Gasteiger charge is 2.20. The van der Waals surface area contributed by atoms with Gasteiger partial charge in [0.25, 0.3) is 0 Å². The van der Waals surface area contributed by atoms with Gasteiger partial charge >= 0.3 is 0 Å². The summed E-state index contributed by atoms with van der Waals surface area (Å²) >= 11 is 0. The fourth-order valence-electron chi connectivity index (χ4n) is 2.55. The van der Waals surface area contributed by atoms with Gasteiger partial charge in [-0.3, -0.25) is 4.68 Å². The average Bonchev–Trinajstić information content (AvgIpc) is 2.79. The second-order valence-corrected chi connectivity index (χ2v) is 6.76. The molecule has 0 aliphatic rings. The summed E-state index contributed by atoms with van der Waals surface area (Å²) in [5, 5.41) is 8.48. The van der Waals surface area contributed by atoms with Crippen molar-refractivity contribution in [2.45, 2.75) is 78.9 Å². The summed E-state index contributed by atoms with van der Waals surface area (Å²) in [5.41, 5.74) is 4.11. The Morgan fingerprint density at radius 2 is 1.90 bits per heavy atom. The van der Waals surface area contributed by atoms with Gasteiger partial charge in [0, 0.05) is 37.1 Å². The van der Waals surface area contributed by atoms with Crippen LogP contribution >= 0.6 is 0 Å². The summed E-state index contributed by atoms with van der Waals surface area (Å²) in [4.78, 5) is 0. The molecule has 0 radical (unpaired) electrons. The van der Waals surface area contributed by atoms with Crippen molar-refractivity contribution in [2.24, 2.45) is 0 Å². The molecular formula is C17H33N3O. The van der Waals surface area contributed by atoms with Gasteiger partial charge in [-0.25, -0.2) is 0 Å². The Labute approximate surface area is 130 Å². The minimum absolute atomic E-state index is 0.125. The molecule has 1 rings (SSSR count). The zero-order valence-corrected chi connectivity index (χ0v) is 14.9. The number of hydrogen-bond acceptors (Lipinski definition) is 3. The van der Waals surface area contributed by atoms with E-state index in [0.717, 1.165) is 32.4 Å². The Bertz CT molecular complexity index is 432. The van der Waals surface area contributed by atoms with Crippen molar-refractivity contribution < 1.29 is 4.74 Å². The topological polar surface area (TPSA) is 39.1 Å². The normalized spacial score (nSPS) is 13.7. The zero-order valence-electron chi connectivity index (χ0n) is 14.9. The highest BCUT2D eigenvalue weighted by Crippen LogP contribution is 2.22. The van der Waals surface area contributed by atoms with Gasteiger partial charge < -0.3 is 10.1 Å². The van der Waals surface area contributed by atoms with E-state index in [1.807, 2.05) is 0 Å². The highest BCUT2D eigenvalue weighted by molar-refractivity contribution is 5.27. The highest BCUT2D eigenvalue weighted by atomic mass is 16.5. The van der Waals surface area contributed by atoms with Crippen LogP contribution in [0.5, 0.6) is 0 Å². The Morgan fingerprint density at radius 3 is 2.38 bits per heavy atom. The minimum Gasteiger partial charge on any atom is -0.385 e. The molecule has 4 nitrogen and oxygen atoms in total. The van der Waals surface area contributed by atoms with E-state index in [-0.39, 0.29) is 5.54 Å². The van der Waals surface area contributed by atoms with Crippen LogP contribution in [0, 0.1) is 0 Å². The first-order valence-electron chi connectivity index (χ1n) is 8.17. The Kier molecular flexibility index (Phi) is 6.88. The van der Waals surface area contributed by atoms with E-state index in [0.29, 0.717) is 6.04 Å². The molecule has 122 valence electrons. The van der Waals surface area contributed by atoms with Crippen LogP contribution in [0.15, 0.2) is 0 Å². The van der Waals surface area contributed by atoms with Crippen LogP contribution in [0.1, 0.15) is 71.0 Å². The average molecular weight is 295 g/mol. The SMILES string of the molecule is CCc1nn(C(C)CCOC)c(CC)c1CNC(C)(C)C. The molecule has 0 amide bonds. The van der Waals surface area contributed by atoms with Gasteiger partial charge in [0.15, 0.2) is 0 Å². The molecule has 1 aromatic heterocycles. The third kappa shape index (κ3) is 5.11. The third-order valence-corrected chi connectivity index (χ3v) is 3.82. The molecule has 0 bridgehead atoms. The summed E-state index contributed by atoms with van der Waals surface area (Å²) < 4.78 is 7.43. The Morgan fingerprint density at radius 1 is 1.24 bits per heavy atom. The number of ether oxygens (including phenoxy) is 1. The Hall–Kier alpha value is -0.870. The maximum Gasteiger partial charge on any atom is 0.0669 e. The number of nitrogens with zero attached hydrogens (tertiary/aromatic N) is 2. The lowest BCUT2D eigenvalue weighted by molar-refractivity contribution is 0.178. The standard InChI is InChI=1S/C17H33N3O/c1-8-15-14(12-18-17(4,5)6)16(9-2)20(19-15)13(3)10-11-21-7/h13,18H,8-12H2,1-7H3. The fourth-order valence-corrected chi connectivity index (χ4v) is 2.55. The maximum absolute atomic E-state index is 5.21. The lowest BCUT2D eigenvalue weighted by atomic mass is 10.1. The van der Waals surface area contributed by atoms with Gasteiger partial charge in [-0.1, -0.05) is 13.8 Å². The predicted octanol–water partition coefficient (Wildman–Crippen LogP) is 3.49. The second-order valence-electron chi connectivity index (χ2n) is 6.76. The van der Waals surface area contributed by atoms with Crippen LogP contribution < -0.4 is 5.32 Å². The third-order valence-electron chi connectivity index (χ3n) is 3.82. The smallest absolute Gasteiger partial charge is 0.0669 e. The van der Waals surface area contributed by atoms with E-state index in [1.165, 1.54) is 17.0 Å². The molecule has 21 heavy (non-hydrogen) atoms. The van der Waals surface area contributed by atoms with Crippen LogP contribution in [0.3, 0.4) is 0 Å². The molecule has 4 heteroatoms. The fraction of sp³-hybridized carbons (Fsp3) is 0.824. The number of rotatable bonds is 8. The minimum atomic E-state index is 0.125. The van der Waals surface area contributed by atoms with E-state index in [2.05, 4.69) is 51.5 Å². The van der Waals surface area contributed by atoms with E-state index >= 15 is 0 Å². The molecule has 0 aliphatic carbocycles. The van der Waals surface area contributed by atoms with Crippen molar-refractivity contribution >= 4 is 0 Å². The first kappa shape index (κ1) is 18.2. The quantitative estimate of drug-likeness (QED) is 0.798. The van der Waals surface area contributed by atoms with Crippen LogP contribution in [0.4, 0.5) is 0 Å². The number of methoxy groups -OCH3 is 1. The zero-order chi connectivity index (χ0) is 16.0. The molecule has 0 aliphatic heterocycles. The molecule has 1 aromatic rings. The van der Waals surface area contributed by atoms with Crippen molar-refractivity contribution in [3.8, 4) is 0 Å². The lowest BCUT2D eigenvalue weighted by Gasteiger charge is -2.21. The Balaban J connectivity index is 3.03. The molecule has 0 saturated heterocycles. The van der Waals surface area contributed by atoms with Crippen molar-refractivity contribution in [3.63, 3.8) is 0 Å². The van der Waals surface area contributed by atoms with Crippen LogP contribution in [-0.4, -0.2) is 29.0 Å². The largest absolute Gasteiger partial charge is 0.385 e. The summed E-state index contributed by atoms with van der Waals surface area (Å²) in [6.45, 7) is 14.9. The van der Waals surface area contributed by atoms with Crippen molar-refractivity contribution in [1.29, 1.82) is 0 Å². The predicted molar refractivity (Wildman–Crippen MR) is 88.8 cm³/mol. The number of nitrogens with one attached hydrogen (secondary N) is 1. The van der Waals surface area contributed by atoms with Gasteiger partial charge in [-0.2, -0.15) is 5.10 Å². The van der Waals surface area contributed by atoms with Crippen molar-refractivity contribution in [1.82, 2.24) is 15.1 Å². The molecule has 0 saturated carbocycles. The monoisotopic (exact) mass is 295 g/mol. The van der Waals surface area contributed by atoms with Gasteiger partial charge in [-0.15, -0.1) is 0 Å². The van der Waals surface area contributed by atoms with Gasteiger partial charge in [-0.05, 0) is 47.0 Å². The molecule has 0 aromatic carbocycles. The summed E-state index contributed by atoms with van der Waals surface area (Å²) in [6.07, 6.45) is 3.00. The van der Waals surface area contributed by atoms with Gasteiger partial charge in [0.2, 0.25) is 0 Å². The van der Waals surface area contributed by atoms with E-state index < -0.39 is 0 Å². The van der Waals surface area contributed by atoms with Crippen LogP contribution in [0.25, 0.3) is 0 Å². The second kappa shape index (κ2) is 7.95. The summed E-state index contributed by atoms with van der Waals surface area (Å²) in [5.74, 6) is 0. The summed E-state index contributed by atoms with van der Waals surface area (Å²) in [7, 11) is 1.76. The summed E-state index contributed by atoms with van der Waals surface area (Å²) in [6, 6.07) is 0.383. The molecule has 1 atom stereocenters. The number of aryl methyl sites for hydroxylation is 1.